The highest BCUT2D eigenvalue weighted by molar-refractivity contribution is 5.86. The van der Waals surface area contributed by atoms with Gasteiger partial charge < -0.3 is 35.5 Å². The highest BCUT2D eigenvalue weighted by Gasteiger charge is 2.39. The van der Waals surface area contributed by atoms with Crippen molar-refractivity contribution in [3.63, 3.8) is 0 Å². The Morgan fingerprint density at radius 1 is 0.811 bits per heavy atom. The summed E-state index contributed by atoms with van der Waals surface area (Å²) in [6, 6.07) is 22.0. The van der Waals surface area contributed by atoms with E-state index in [2.05, 4.69) is 107 Å². The second-order valence-electron chi connectivity index (χ2n) is 16.6. The first-order valence-electron chi connectivity index (χ1n) is 19.4. The minimum atomic E-state index is -1.19. The zero-order valence-electron chi connectivity index (χ0n) is 31.4. The number of rotatable bonds is 8. The number of imidazole rings is 2. The van der Waals surface area contributed by atoms with Crippen molar-refractivity contribution in [3.05, 3.63) is 89.0 Å². The molecule has 2 amide bonds. The zero-order chi connectivity index (χ0) is 37.0. The van der Waals surface area contributed by atoms with Gasteiger partial charge in [0.25, 0.3) is 0 Å². The summed E-state index contributed by atoms with van der Waals surface area (Å²) in [7, 11) is 0. The fourth-order valence-corrected chi connectivity index (χ4v) is 8.85. The van der Waals surface area contributed by atoms with E-state index >= 15 is 0 Å². The second kappa shape index (κ2) is 13.8. The maximum atomic E-state index is 13.6. The summed E-state index contributed by atoms with van der Waals surface area (Å²) in [4.78, 5) is 46.7. The van der Waals surface area contributed by atoms with Crippen molar-refractivity contribution in [1.29, 1.82) is 0 Å². The van der Waals surface area contributed by atoms with E-state index in [-0.39, 0.29) is 35.4 Å². The number of amides is 2. The summed E-state index contributed by atoms with van der Waals surface area (Å²) in [6.45, 7) is 12.1. The van der Waals surface area contributed by atoms with Crippen LogP contribution in [0, 0.1) is 5.92 Å². The molecule has 1 unspecified atom stereocenters. The molecule has 3 aromatic carbocycles. The van der Waals surface area contributed by atoms with Crippen LogP contribution in [0.5, 0.6) is 0 Å². The summed E-state index contributed by atoms with van der Waals surface area (Å²) >= 11 is 0. The third-order valence-corrected chi connectivity index (χ3v) is 11.7. The van der Waals surface area contributed by atoms with Crippen molar-refractivity contribution >= 4 is 39.8 Å². The van der Waals surface area contributed by atoms with Gasteiger partial charge >= 0.3 is 6.09 Å². The smallest absolute Gasteiger partial charge is 0.405 e. The third kappa shape index (κ3) is 6.75. The average molecular weight is 717 g/mol. The van der Waals surface area contributed by atoms with Crippen LogP contribution in [0.25, 0.3) is 22.1 Å². The summed E-state index contributed by atoms with van der Waals surface area (Å²) in [5.74, 6) is 1.41. The molecule has 0 saturated carbocycles. The van der Waals surface area contributed by atoms with Crippen molar-refractivity contribution in [1.82, 2.24) is 35.5 Å². The number of likely N-dealkylation sites (tertiary alicyclic amines) is 1. The molecule has 3 aliphatic rings. The normalized spacial score (nSPS) is 22.8. The largest absolute Gasteiger partial charge is 0.465 e. The lowest BCUT2D eigenvalue weighted by molar-refractivity contribution is -0.135. The molecule has 53 heavy (non-hydrogen) atoms. The molecule has 0 spiro atoms. The number of nitrogens with zero attached hydrogens (tertiary/aromatic N) is 4. The summed E-state index contributed by atoms with van der Waals surface area (Å²) < 4.78 is 0. The Morgan fingerprint density at radius 3 is 2.00 bits per heavy atom. The van der Waals surface area contributed by atoms with Crippen LogP contribution in [0.1, 0.15) is 126 Å². The molecule has 3 aliphatic heterocycles. The minimum absolute atomic E-state index is 0.0607. The van der Waals surface area contributed by atoms with E-state index < -0.39 is 12.1 Å². The van der Waals surface area contributed by atoms with E-state index in [1.807, 2.05) is 13.8 Å². The van der Waals surface area contributed by atoms with Crippen molar-refractivity contribution in [2.24, 2.45) is 5.92 Å². The molecule has 0 bridgehead atoms. The maximum Gasteiger partial charge on any atom is 0.405 e. The van der Waals surface area contributed by atoms with Crippen LogP contribution in [0.3, 0.4) is 0 Å². The fourth-order valence-electron chi connectivity index (χ4n) is 8.85. The first-order chi connectivity index (χ1) is 25.4. The van der Waals surface area contributed by atoms with E-state index in [0.29, 0.717) is 12.6 Å². The van der Waals surface area contributed by atoms with Crippen LogP contribution < -0.4 is 15.5 Å². The summed E-state index contributed by atoms with van der Waals surface area (Å²) in [6.07, 6.45) is 4.71. The van der Waals surface area contributed by atoms with Crippen molar-refractivity contribution < 1.29 is 14.7 Å². The number of carboxylic acid groups (broad SMARTS) is 1. The van der Waals surface area contributed by atoms with Crippen LogP contribution in [-0.2, 0) is 10.2 Å². The first kappa shape index (κ1) is 35.1. The van der Waals surface area contributed by atoms with Gasteiger partial charge in [0.2, 0.25) is 5.91 Å². The molecule has 3 saturated heterocycles. The lowest BCUT2D eigenvalue weighted by Crippen LogP contribution is -2.50. The second-order valence-corrected chi connectivity index (χ2v) is 16.6. The Balaban J connectivity index is 1.11. The number of H-pyrrole nitrogens is 2. The van der Waals surface area contributed by atoms with Gasteiger partial charge in [0.1, 0.15) is 17.7 Å². The predicted molar refractivity (Wildman–Crippen MR) is 208 cm³/mol. The topological polar surface area (TPSA) is 142 Å². The molecule has 5 aromatic rings. The molecule has 3 fully saturated rings. The van der Waals surface area contributed by atoms with Gasteiger partial charge in [-0.2, -0.15) is 0 Å². The SMILES string of the molecule is CC(C)[C@H](NC(=O)O)C(=O)N1CCCC1c1nc2ccc([C@H]3CC[C@H](c4ccc5nc([C@@H]6CCCN6)[nH]c5c4)N3c3ccc(C(C)(C)C)cc3)cc2[nH]1. The van der Waals surface area contributed by atoms with Crippen LogP contribution in [0.15, 0.2) is 60.7 Å². The van der Waals surface area contributed by atoms with Gasteiger partial charge in [-0.25, -0.2) is 14.8 Å². The number of nitrogens with one attached hydrogen (secondary N) is 4. The monoisotopic (exact) mass is 716 g/mol. The zero-order valence-corrected chi connectivity index (χ0v) is 31.4. The number of aromatic nitrogens is 4. The molecule has 5 atom stereocenters. The van der Waals surface area contributed by atoms with Gasteiger partial charge in [0, 0.05) is 12.2 Å². The molecule has 5 N–H and O–H groups in total. The van der Waals surface area contributed by atoms with Gasteiger partial charge in [-0.15, -0.1) is 0 Å². The Labute approximate surface area is 311 Å². The fraction of sp³-hybridized carbons (Fsp3) is 0.476. The number of fused-ring (bicyclic) bond motifs is 2. The number of carbonyl (C=O) groups excluding carboxylic acids is 1. The van der Waals surface area contributed by atoms with E-state index in [9.17, 15) is 14.7 Å². The number of hydrogen-bond donors (Lipinski definition) is 5. The van der Waals surface area contributed by atoms with Gasteiger partial charge in [-0.1, -0.05) is 58.9 Å². The molecular formula is C42H52N8O3. The number of aromatic amines is 2. The molecule has 278 valence electrons. The summed E-state index contributed by atoms with van der Waals surface area (Å²) in [5.41, 5.74) is 8.97. The van der Waals surface area contributed by atoms with Gasteiger partial charge in [0.05, 0.1) is 46.2 Å². The Bertz CT molecular complexity index is 2120. The van der Waals surface area contributed by atoms with Gasteiger partial charge in [0.15, 0.2) is 0 Å². The molecule has 0 radical (unpaired) electrons. The van der Waals surface area contributed by atoms with Crippen molar-refractivity contribution in [2.75, 3.05) is 18.0 Å². The number of hydrogen-bond acceptors (Lipinski definition) is 6. The number of carbonyl (C=O) groups is 2. The quantitative estimate of drug-likeness (QED) is 0.109. The molecule has 8 rings (SSSR count). The molecule has 11 heteroatoms. The van der Waals surface area contributed by atoms with Crippen molar-refractivity contribution in [2.45, 2.75) is 109 Å². The van der Waals surface area contributed by atoms with Crippen LogP contribution >= 0.6 is 0 Å². The molecular weight excluding hydrogens is 665 g/mol. The predicted octanol–water partition coefficient (Wildman–Crippen LogP) is 8.20. The Morgan fingerprint density at radius 2 is 1.43 bits per heavy atom. The maximum absolute atomic E-state index is 13.6. The third-order valence-electron chi connectivity index (χ3n) is 11.7. The molecule has 2 aromatic heterocycles. The van der Waals surface area contributed by atoms with Gasteiger partial charge in [-0.05, 0) is 109 Å². The number of benzene rings is 3. The Hall–Kier alpha value is -4.90. The average Bonchev–Trinajstić information content (AvgIpc) is 3.97. The van der Waals surface area contributed by atoms with E-state index in [4.69, 9.17) is 9.97 Å². The Kier molecular flexibility index (Phi) is 9.17. The van der Waals surface area contributed by atoms with E-state index in [1.54, 1.807) is 4.90 Å². The van der Waals surface area contributed by atoms with E-state index in [0.717, 1.165) is 72.4 Å². The lowest BCUT2D eigenvalue weighted by atomic mass is 9.87. The minimum Gasteiger partial charge on any atom is -0.465 e. The first-order valence-corrected chi connectivity index (χ1v) is 19.4. The molecule has 5 heterocycles. The lowest BCUT2D eigenvalue weighted by Gasteiger charge is -2.34. The molecule has 11 nitrogen and oxygen atoms in total. The van der Waals surface area contributed by atoms with Gasteiger partial charge in [-0.3, -0.25) is 4.79 Å². The number of anilines is 1. The highest BCUT2D eigenvalue weighted by atomic mass is 16.4. The molecule has 0 aliphatic carbocycles. The van der Waals surface area contributed by atoms with Crippen LogP contribution in [0.2, 0.25) is 0 Å². The van der Waals surface area contributed by atoms with E-state index in [1.165, 1.54) is 28.8 Å². The summed E-state index contributed by atoms with van der Waals surface area (Å²) in [5, 5.41) is 15.4. The van der Waals surface area contributed by atoms with Crippen molar-refractivity contribution in [3.8, 4) is 0 Å². The van der Waals surface area contributed by atoms with Crippen LogP contribution in [0.4, 0.5) is 10.5 Å². The standard InChI is InChI=1S/C42H52N8O3/c1-24(2)37(48-41(52)53)40(51)49-21-7-9-36(49)39-45-30-17-11-26(23-33(30)47-39)35-19-18-34(50(35)28-14-12-27(13-15-28)42(3,4)5)25-10-16-29-32(22-25)46-38(44-29)31-8-6-20-43-31/h10-17,22-24,31,34-37,43,48H,6-9,18-21H2,1-5H3,(H,44,46)(H,45,47)(H,52,53)/t31-,34+,35+,36?,37-/m0/s1. The highest BCUT2D eigenvalue weighted by Crippen LogP contribution is 2.48. The van der Waals surface area contributed by atoms with Crippen LogP contribution in [-0.4, -0.2) is 61.1 Å².